The van der Waals surface area contributed by atoms with Crippen LogP contribution in [0.3, 0.4) is 0 Å². The first-order valence-corrected chi connectivity index (χ1v) is 8.19. The van der Waals surface area contributed by atoms with Crippen molar-refractivity contribution < 1.29 is 4.52 Å². The molecule has 1 unspecified atom stereocenters. The highest BCUT2D eigenvalue weighted by atomic mass is 16.5. The van der Waals surface area contributed by atoms with E-state index in [4.69, 9.17) is 4.52 Å². The quantitative estimate of drug-likeness (QED) is 0.922. The van der Waals surface area contributed by atoms with Crippen LogP contribution in [0.1, 0.15) is 50.0 Å². The molecule has 0 aromatic carbocycles. The second-order valence-corrected chi connectivity index (χ2v) is 6.48. The maximum absolute atomic E-state index is 5.38. The van der Waals surface area contributed by atoms with E-state index in [0.717, 1.165) is 43.6 Å². The third-order valence-corrected chi connectivity index (χ3v) is 4.79. The molecule has 0 amide bonds. The standard InChI is InChI=1S/C16H27N3O/c1-13-10-15(20-18-13)11-19-9-5-8-17-16(12-19)14-6-3-2-4-7-14/h10,14,16-17H,2-9,11-12H2,1H3. The fourth-order valence-electron chi connectivity index (χ4n) is 3.73. The number of rotatable bonds is 3. The summed E-state index contributed by atoms with van der Waals surface area (Å²) in [5.41, 5.74) is 0.983. The van der Waals surface area contributed by atoms with E-state index in [0.29, 0.717) is 6.04 Å². The predicted molar refractivity (Wildman–Crippen MR) is 79.5 cm³/mol. The van der Waals surface area contributed by atoms with Crippen molar-refractivity contribution in [2.24, 2.45) is 5.92 Å². The van der Waals surface area contributed by atoms with Gasteiger partial charge < -0.3 is 9.84 Å². The van der Waals surface area contributed by atoms with Crippen LogP contribution >= 0.6 is 0 Å². The van der Waals surface area contributed by atoms with Crippen molar-refractivity contribution in [2.75, 3.05) is 19.6 Å². The third-order valence-electron chi connectivity index (χ3n) is 4.79. The van der Waals surface area contributed by atoms with Crippen molar-refractivity contribution in [3.63, 3.8) is 0 Å². The highest BCUT2D eigenvalue weighted by Crippen LogP contribution is 2.27. The minimum atomic E-state index is 0.668. The Morgan fingerprint density at radius 1 is 1.30 bits per heavy atom. The first kappa shape index (κ1) is 14.1. The van der Waals surface area contributed by atoms with Gasteiger partial charge in [-0.15, -0.1) is 0 Å². The SMILES string of the molecule is Cc1cc(CN2CCCNC(C3CCCCC3)C2)on1. The Morgan fingerprint density at radius 3 is 2.90 bits per heavy atom. The molecule has 1 N–H and O–H groups in total. The Labute approximate surface area is 121 Å². The van der Waals surface area contributed by atoms with Gasteiger partial charge in [0.15, 0.2) is 5.76 Å². The Balaban J connectivity index is 1.59. The van der Waals surface area contributed by atoms with Crippen molar-refractivity contribution >= 4 is 0 Å². The van der Waals surface area contributed by atoms with Gasteiger partial charge in [0, 0.05) is 18.7 Å². The van der Waals surface area contributed by atoms with Gasteiger partial charge in [0.2, 0.25) is 0 Å². The van der Waals surface area contributed by atoms with Crippen LogP contribution in [0.4, 0.5) is 0 Å². The minimum Gasteiger partial charge on any atom is -0.360 e. The van der Waals surface area contributed by atoms with Crippen LogP contribution in [-0.4, -0.2) is 35.7 Å². The second kappa shape index (κ2) is 6.72. The topological polar surface area (TPSA) is 41.3 Å². The molecule has 2 aliphatic rings. The number of hydrogen-bond acceptors (Lipinski definition) is 4. The highest BCUT2D eigenvalue weighted by Gasteiger charge is 2.27. The Hall–Kier alpha value is -0.870. The van der Waals surface area contributed by atoms with Crippen LogP contribution in [0.5, 0.6) is 0 Å². The number of hydrogen-bond donors (Lipinski definition) is 1. The molecule has 0 spiro atoms. The summed E-state index contributed by atoms with van der Waals surface area (Å²) in [6.45, 7) is 6.38. The van der Waals surface area contributed by atoms with Gasteiger partial charge in [-0.2, -0.15) is 0 Å². The lowest BCUT2D eigenvalue weighted by Gasteiger charge is -2.32. The summed E-state index contributed by atoms with van der Waals surface area (Å²) in [5, 5.41) is 7.78. The van der Waals surface area contributed by atoms with Crippen molar-refractivity contribution in [1.82, 2.24) is 15.4 Å². The smallest absolute Gasteiger partial charge is 0.150 e. The van der Waals surface area contributed by atoms with Crippen molar-refractivity contribution in [2.45, 2.75) is 58.0 Å². The van der Waals surface area contributed by atoms with Gasteiger partial charge in [0.1, 0.15) is 0 Å². The zero-order chi connectivity index (χ0) is 13.8. The third kappa shape index (κ3) is 3.61. The van der Waals surface area contributed by atoms with E-state index in [-0.39, 0.29) is 0 Å². The van der Waals surface area contributed by atoms with Gasteiger partial charge >= 0.3 is 0 Å². The van der Waals surface area contributed by atoms with E-state index < -0.39 is 0 Å². The van der Waals surface area contributed by atoms with Gasteiger partial charge in [-0.05, 0) is 45.2 Å². The lowest BCUT2D eigenvalue weighted by molar-refractivity contribution is 0.187. The van der Waals surface area contributed by atoms with Gasteiger partial charge in [-0.3, -0.25) is 4.90 Å². The fraction of sp³-hybridized carbons (Fsp3) is 0.812. The van der Waals surface area contributed by atoms with E-state index >= 15 is 0 Å². The lowest BCUT2D eigenvalue weighted by Crippen LogP contribution is -2.43. The van der Waals surface area contributed by atoms with E-state index in [1.165, 1.54) is 38.5 Å². The summed E-state index contributed by atoms with van der Waals surface area (Å²) >= 11 is 0. The molecule has 4 nitrogen and oxygen atoms in total. The largest absolute Gasteiger partial charge is 0.360 e. The molecule has 1 aromatic heterocycles. The summed E-state index contributed by atoms with van der Waals surface area (Å²) in [6, 6.07) is 2.73. The Kier molecular flexibility index (Phi) is 4.73. The van der Waals surface area contributed by atoms with Crippen LogP contribution in [0.2, 0.25) is 0 Å². The van der Waals surface area contributed by atoms with Gasteiger partial charge in [-0.25, -0.2) is 0 Å². The zero-order valence-electron chi connectivity index (χ0n) is 12.6. The molecule has 1 atom stereocenters. The molecule has 2 heterocycles. The second-order valence-electron chi connectivity index (χ2n) is 6.48. The summed E-state index contributed by atoms with van der Waals surface area (Å²) in [6.07, 6.45) is 8.33. The molecule has 2 fully saturated rings. The van der Waals surface area contributed by atoms with Gasteiger partial charge in [0.05, 0.1) is 12.2 Å². The van der Waals surface area contributed by atoms with Crippen LogP contribution in [0.15, 0.2) is 10.6 Å². The first-order chi connectivity index (χ1) is 9.81. The molecule has 1 aliphatic heterocycles. The molecular formula is C16H27N3O. The fourth-order valence-corrected chi connectivity index (χ4v) is 3.73. The number of nitrogens with one attached hydrogen (secondary N) is 1. The molecule has 112 valence electrons. The molecular weight excluding hydrogens is 250 g/mol. The Bertz CT molecular complexity index is 412. The summed E-state index contributed by atoms with van der Waals surface area (Å²) in [4.78, 5) is 2.54. The number of nitrogens with zero attached hydrogens (tertiary/aromatic N) is 2. The Morgan fingerprint density at radius 2 is 2.15 bits per heavy atom. The predicted octanol–water partition coefficient (Wildman–Crippen LogP) is 2.73. The normalized spacial score (nSPS) is 26.6. The average molecular weight is 277 g/mol. The number of aromatic nitrogens is 1. The molecule has 1 saturated heterocycles. The van der Waals surface area contributed by atoms with E-state index in [9.17, 15) is 0 Å². The zero-order valence-corrected chi connectivity index (χ0v) is 12.6. The summed E-state index contributed by atoms with van der Waals surface area (Å²) in [5.74, 6) is 1.88. The summed E-state index contributed by atoms with van der Waals surface area (Å²) < 4.78 is 5.38. The van der Waals surface area contributed by atoms with Crippen LogP contribution < -0.4 is 5.32 Å². The van der Waals surface area contributed by atoms with Crippen molar-refractivity contribution in [3.05, 3.63) is 17.5 Å². The molecule has 0 radical (unpaired) electrons. The van der Waals surface area contributed by atoms with Crippen LogP contribution in [-0.2, 0) is 6.54 Å². The maximum Gasteiger partial charge on any atom is 0.150 e. The van der Waals surface area contributed by atoms with E-state index in [2.05, 4.69) is 21.4 Å². The van der Waals surface area contributed by atoms with Crippen LogP contribution in [0, 0.1) is 12.8 Å². The van der Waals surface area contributed by atoms with Gasteiger partial charge in [-0.1, -0.05) is 24.4 Å². The average Bonchev–Trinajstić information content (AvgIpc) is 2.74. The molecule has 1 saturated carbocycles. The lowest BCUT2D eigenvalue weighted by atomic mass is 9.83. The molecule has 0 bridgehead atoms. The molecule has 4 heteroatoms. The van der Waals surface area contributed by atoms with Crippen molar-refractivity contribution in [3.8, 4) is 0 Å². The monoisotopic (exact) mass is 277 g/mol. The van der Waals surface area contributed by atoms with E-state index in [1.807, 2.05) is 6.92 Å². The molecule has 1 aromatic rings. The summed E-state index contributed by atoms with van der Waals surface area (Å²) in [7, 11) is 0. The maximum atomic E-state index is 5.38. The van der Waals surface area contributed by atoms with Gasteiger partial charge in [0.25, 0.3) is 0 Å². The van der Waals surface area contributed by atoms with Crippen LogP contribution in [0.25, 0.3) is 0 Å². The van der Waals surface area contributed by atoms with Crippen molar-refractivity contribution in [1.29, 1.82) is 0 Å². The first-order valence-electron chi connectivity index (χ1n) is 8.19. The number of aryl methyl sites for hydroxylation is 1. The van der Waals surface area contributed by atoms with E-state index in [1.54, 1.807) is 0 Å². The minimum absolute atomic E-state index is 0.668. The molecule has 1 aliphatic carbocycles. The molecule has 20 heavy (non-hydrogen) atoms. The highest BCUT2D eigenvalue weighted by molar-refractivity contribution is 5.03. The molecule has 3 rings (SSSR count).